The van der Waals surface area contributed by atoms with Gasteiger partial charge in [-0.25, -0.2) is 8.42 Å². The summed E-state index contributed by atoms with van der Waals surface area (Å²) in [6, 6.07) is 0. The molecule has 13 heavy (non-hydrogen) atoms. The number of hydrogen-bond donors (Lipinski definition) is 0. The van der Waals surface area contributed by atoms with Crippen LogP contribution in [-0.2, 0) is 29.6 Å². The smallest absolute Gasteiger partial charge is 0.266 e. The lowest BCUT2D eigenvalue weighted by Crippen LogP contribution is -2.24. The number of rotatable bonds is 3. The molecule has 0 aromatic rings. The fraction of sp³-hybridized carbons (Fsp3) is 0.667. The molecule has 0 amide bonds. The van der Waals surface area contributed by atoms with Gasteiger partial charge in [-0.1, -0.05) is 5.92 Å². The number of sulfone groups is 1. The molecule has 1 aliphatic rings. The predicted molar refractivity (Wildman–Crippen MR) is 46.5 cm³/mol. The van der Waals surface area contributed by atoms with Gasteiger partial charge in [0.25, 0.3) is 0 Å². The summed E-state index contributed by atoms with van der Waals surface area (Å²) in [4.78, 5) is 0. The Balaban J connectivity index is 2.50. The van der Waals surface area contributed by atoms with Crippen LogP contribution in [0.5, 0.6) is 0 Å². The Morgan fingerprint density at radius 3 is 2.77 bits per heavy atom. The third-order valence-electron chi connectivity index (χ3n) is 1.31. The van der Waals surface area contributed by atoms with Gasteiger partial charge in [-0.2, -0.15) is 4.21 Å². The molecule has 0 aliphatic carbocycles. The van der Waals surface area contributed by atoms with Crippen molar-refractivity contribution >= 4 is 21.2 Å². The van der Waals surface area contributed by atoms with Gasteiger partial charge in [-0.05, 0) is 0 Å². The summed E-state index contributed by atoms with van der Waals surface area (Å²) in [5, 5.41) is 0. The molecule has 0 saturated carbocycles. The Morgan fingerprint density at radius 2 is 2.31 bits per heavy atom. The van der Waals surface area contributed by atoms with Crippen LogP contribution in [0.4, 0.5) is 0 Å². The lowest BCUT2D eigenvalue weighted by molar-refractivity contribution is 0.264. The van der Waals surface area contributed by atoms with Crippen LogP contribution in [0.1, 0.15) is 0 Å². The minimum Gasteiger partial charge on any atom is -0.266 e. The maximum atomic E-state index is 11.1. The third kappa shape index (κ3) is 3.44. The minimum absolute atomic E-state index is 0.0242. The molecule has 1 aliphatic heterocycles. The molecule has 0 N–H and O–H groups in total. The highest BCUT2D eigenvalue weighted by Gasteiger charge is 2.28. The maximum absolute atomic E-state index is 11.1. The zero-order valence-electron chi connectivity index (χ0n) is 6.63. The van der Waals surface area contributed by atoms with Crippen molar-refractivity contribution in [1.29, 1.82) is 0 Å². The lowest BCUT2D eigenvalue weighted by atomic mass is 10.4. The first-order chi connectivity index (χ1) is 6.03. The van der Waals surface area contributed by atoms with Crippen molar-refractivity contribution in [2.24, 2.45) is 0 Å². The second-order valence-electron chi connectivity index (χ2n) is 2.47. The van der Waals surface area contributed by atoms with Crippen molar-refractivity contribution in [3.63, 3.8) is 0 Å². The highest BCUT2D eigenvalue weighted by Crippen LogP contribution is 2.10. The second-order valence-corrected chi connectivity index (χ2v) is 5.41. The molecule has 1 fully saturated rings. The highest BCUT2D eigenvalue weighted by molar-refractivity contribution is 7.91. The van der Waals surface area contributed by atoms with Crippen molar-refractivity contribution in [3.8, 4) is 12.3 Å². The Bertz CT molecular complexity index is 339. The van der Waals surface area contributed by atoms with Crippen LogP contribution >= 0.6 is 0 Å². The molecule has 2 unspecified atom stereocenters. The summed E-state index contributed by atoms with van der Waals surface area (Å²) in [5.74, 6) is 1.45. The molecular formula is C6H8O5S2. The molecule has 1 saturated heterocycles. The van der Waals surface area contributed by atoms with Crippen LogP contribution in [0, 0.1) is 12.3 Å². The summed E-state index contributed by atoms with van der Waals surface area (Å²) in [5.41, 5.74) is 0. The van der Waals surface area contributed by atoms with E-state index in [4.69, 9.17) is 6.42 Å². The van der Waals surface area contributed by atoms with E-state index in [0.29, 0.717) is 0 Å². The summed E-state index contributed by atoms with van der Waals surface area (Å²) in [6.07, 6.45) is 4.19. The van der Waals surface area contributed by atoms with Crippen LogP contribution in [0.25, 0.3) is 0 Å². The van der Waals surface area contributed by atoms with E-state index >= 15 is 0 Å². The van der Waals surface area contributed by atoms with E-state index in [0.717, 1.165) is 0 Å². The zero-order chi connectivity index (χ0) is 9.90. The monoisotopic (exact) mass is 224 g/mol. The second kappa shape index (κ2) is 4.19. The van der Waals surface area contributed by atoms with Crippen molar-refractivity contribution < 1.29 is 21.0 Å². The van der Waals surface area contributed by atoms with Crippen LogP contribution in [0.15, 0.2) is 0 Å². The summed E-state index contributed by atoms with van der Waals surface area (Å²) >= 11 is -1.81. The van der Waals surface area contributed by atoms with Crippen LogP contribution in [0.3, 0.4) is 0 Å². The number of terminal acetylenes is 1. The van der Waals surface area contributed by atoms with Gasteiger partial charge < -0.3 is 0 Å². The molecule has 7 heteroatoms. The van der Waals surface area contributed by atoms with E-state index in [-0.39, 0.29) is 18.1 Å². The van der Waals surface area contributed by atoms with Crippen LogP contribution in [0.2, 0.25) is 0 Å². The van der Waals surface area contributed by atoms with E-state index in [1.807, 2.05) is 5.92 Å². The van der Waals surface area contributed by atoms with E-state index in [9.17, 15) is 12.6 Å². The van der Waals surface area contributed by atoms with E-state index in [2.05, 4.69) is 8.37 Å². The predicted octanol–water partition coefficient (Wildman–Crippen LogP) is -0.971. The van der Waals surface area contributed by atoms with E-state index in [1.165, 1.54) is 0 Å². The normalized spacial score (nSPS) is 28.5. The van der Waals surface area contributed by atoms with Gasteiger partial charge in [0.05, 0.1) is 12.4 Å². The average molecular weight is 224 g/mol. The van der Waals surface area contributed by atoms with E-state index < -0.39 is 27.3 Å². The van der Waals surface area contributed by atoms with Gasteiger partial charge in [-0.15, -0.1) is 6.42 Å². The summed E-state index contributed by atoms with van der Waals surface area (Å²) < 4.78 is 41.9. The maximum Gasteiger partial charge on any atom is 0.305 e. The summed E-state index contributed by atoms with van der Waals surface area (Å²) in [7, 11) is -3.31. The van der Waals surface area contributed by atoms with Crippen molar-refractivity contribution in [1.82, 2.24) is 0 Å². The Kier molecular flexibility index (Phi) is 3.44. The first kappa shape index (κ1) is 10.7. The minimum atomic E-state index is -3.31. The molecule has 0 bridgehead atoms. The lowest BCUT2D eigenvalue weighted by Gasteiger charge is -2.03. The first-order valence-corrected chi connectivity index (χ1v) is 6.22. The number of hydrogen-bond acceptors (Lipinski definition) is 5. The summed E-state index contributed by atoms with van der Waals surface area (Å²) in [6.45, 7) is 0.0242. The highest BCUT2D eigenvalue weighted by atomic mass is 32.2. The molecule has 0 aromatic carbocycles. The quantitative estimate of drug-likeness (QED) is 0.577. The molecular weight excluding hydrogens is 216 g/mol. The van der Waals surface area contributed by atoms with Gasteiger partial charge in [-0.3, -0.25) is 8.37 Å². The van der Waals surface area contributed by atoms with Crippen molar-refractivity contribution in [2.75, 3.05) is 18.1 Å². The molecule has 0 radical (unpaired) electrons. The SMILES string of the molecule is C#CCS(=O)(=O)CC1COS(=O)O1. The largest absolute Gasteiger partial charge is 0.305 e. The van der Waals surface area contributed by atoms with E-state index in [1.54, 1.807) is 0 Å². The van der Waals surface area contributed by atoms with Crippen LogP contribution < -0.4 is 0 Å². The Hall–Kier alpha value is -0.420. The van der Waals surface area contributed by atoms with Gasteiger partial charge in [0.15, 0.2) is 9.84 Å². The molecule has 0 spiro atoms. The van der Waals surface area contributed by atoms with Crippen LogP contribution in [-0.4, -0.2) is 36.8 Å². The van der Waals surface area contributed by atoms with Gasteiger partial charge in [0, 0.05) is 0 Å². The molecule has 0 aromatic heterocycles. The van der Waals surface area contributed by atoms with Crippen molar-refractivity contribution in [3.05, 3.63) is 0 Å². The molecule has 74 valence electrons. The first-order valence-electron chi connectivity index (χ1n) is 3.39. The van der Waals surface area contributed by atoms with Crippen molar-refractivity contribution in [2.45, 2.75) is 6.10 Å². The Morgan fingerprint density at radius 1 is 1.62 bits per heavy atom. The van der Waals surface area contributed by atoms with Gasteiger partial charge >= 0.3 is 11.4 Å². The fourth-order valence-electron chi connectivity index (χ4n) is 0.843. The molecule has 2 atom stereocenters. The van der Waals surface area contributed by atoms with Gasteiger partial charge in [0.1, 0.15) is 11.9 Å². The molecule has 5 nitrogen and oxygen atoms in total. The zero-order valence-corrected chi connectivity index (χ0v) is 8.27. The topological polar surface area (TPSA) is 69.7 Å². The standard InChI is InChI=1S/C6H8O5S2/c1-2-3-13(8,9)5-6-4-10-12(7)11-6/h1,6H,3-5H2. The van der Waals surface area contributed by atoms with Gasteiger partial charge in [0.2, 0.25) is 0 Å². The molecule has 1 heterocycles. The fourth-order valence-corrected chi connectivity index (χ4v) is 2.70. The Labute approximate surface area is 79.2 Å². The third-order valence-corrected chi connectivity index (χ3v) is 3.55. The molecule has 1 rings (SSSR count). The average Bonchev–Trinajstić information content (AvgIpc) is 2.34.